The van der Waals surface area contributed by atoms with Gasteiger partial charge in [0.15, 0.2) is 0 Å². The molecule has 1 aromatic rings. The monoisotopic (exact) mass is 299 g/mol. The maximum absolute atomic E-state index is 12.9. The Morgan fingerprint density at radius 2 is 1.64 bits per heavy atom. The number of amides is 1. The second-order valence-corrected chi connectivity index (χ2v) is 7.54. The Hall–Kier alpha value is -1.84. The molecular weight excluding hydrogens is 278 g/mol. The summed E-state index contributed by atoms with van der Waals surface area (Å²) in [6.07, 6.45) is 6.97. The maximum atomic E-state index is 12.9. The third-order valence-corrected chi connectivity index (χ3v) is 5.89. The molecule has 4 aliphatic rings. The zero-order valence-electron chi connectivity index (χ0n) is 12.5. The summed E-state index contributed by atoms with van der Waals surface area (Å²) in [6, 6.07) is 6.53. The molecule has 4 fully saturated rings. The number of carbonyl (C=O) groups excluding carboxylic acids is 1. The van der Waals surface area contributed by atoms with Crippen LogP contribution in [0, 0.1) is 23.2 Å². The lowest BCUT2D eigenvalue weighted by molar-refractivity contribution is -0.140. The van der Waals surface area contributed by atoms with Gasteiger partial charge in [-0.2, -0.15) is 0 Å². The van der Waals surface area contributed by atoms with Crippen molar-refractivity contribution in [2.75, 3.05) is 5.32 Å². The first-order valence-electron chi connectivity index (χ1n) is 8.19. The molecule has 0 spiro atoms. The lowest BCUT2D eigenvalue weighted by Crippen LogP contribution is -2.51. The fourth-order valence-electron chi connectivity index (χ4n) is 5.38. The molecule has 0 atom stereocenters. The number of carbonyl (C=O) groups is 2. The van der Waals surface area contributed by atoms with Crippen LogP contribution in [0.4, 0.5) is 5.69 Å². The van der Waals surface area contributed by atoms with Gasteiger partial charge >= 0.3 is 5.97 Å². The highest BCUT2D eigenvalue weighted by Crippen LogP contribution is 2.60. The minimum absolute atomic E-state index is 0.106. The van der Waals surface area contributed by atoms with Crippen molar-refractivity contribution >= 4 is 17.6 Å². The van der Waals surface area contributed by atoms with Crippen LogP contribution in [0.5, 0.6) is 0 Å². The Kier molecular flexibility index (Phi) is 3.03. The van der Waals surface area contributed by atoms with Gasteiger partial charge in [-0.3, -0.25) is 4.79 Å². The molecule has 4 aliphatic carbocycles. The number of aromatic carboxylic acids is 1. The Morgan fingerprint density at radius 1 is 1.05 bits per heavy atom. The van der Waals surface area contributed by atoms with Gasteiger partial charge < -0.3 is 10.4 Å². The van der Waals surface area contributed by atoms with Crippen LogP contribution in [0.2, 0.25) is 0 Å². The summed E-state index contributed by atoms with van der Waals surface area (Å²) in [5.74, 6) is 1.31. The standard InChI is InChI=1S/C18H21NO3/c20-16(21)14-2-1-3-15(7-14)19-17(22)18-8-11-4-12(9-18)6-13(5-11)10-18/h1-3,7,11-13H,4-6,8-10H2,(H,19,22)(H,20,21). The predicted octanol–water partition coefficient (Wildman–Crippen LogP) is 3.54. The Labute approximate surface area is 129 Å². The molecule has 1 aromatic carbocycles. The van der Waals surface area contributed by atoms with Crippen LogP contribution >= 0.6 is 0 Å². The van der Waals surface area contributed by atoms with Crippen molar-refractivity contribution in [3.8, 4) is 0 Å². The van der Waals surface area contributed by atoms with Gasteiger partial charge in [-0.1, -0.05) is 6.07 Å². The third kappa shape index (κ3) is 2.21. The Balaban J connectivity index is 1.55. The largest absolute Gasteiger partial charge is 0.478 e. The number of carboxylic acid groups (broad SMARTS) is 1. The SMILES string of the molecule is O=C(O)c1cccc(NC(=O)C23CC4CC(CC(C4)C2)C3)c1. The summed E-state index contributed by atoms with van der Waals surface area (Å²) < 4.78 is 0. The van der Waals surface area contributed by atoms with Gasteiger partial charge in [0, 0.05) is 5.69 Å². The van der Waals surface area contributed by atoms with Crippen LogP contribution in [0.25, 0.3) is 0 Å². The van der Waals surface area contributed by atoms with Gasteiger partial charge in [-0.25, -0.2) is 4.79 Å². The third-order valence-electron chi connectivity index (χ3n) is 5.89. The van der Waals surface area contributed by atoms with Crippen molar-refractivity contribution in [1.82, 2.24) is 0 Å². The molecular formula is C18H21NO3. The van der Waals surface area contributed by atoms with E-state index in [-0.39, 0.29) is 16.9 Å². The highest BCUT2D eigenvalue weighted by molar-refractivity contribution is 5.97. The zero-order chi connectivity index (χ0) is 15.3. The number of nitrogens with one attached hydrogen (secondary N) is 1. The normalized spacial score (nSPS) is 35.4. The minimum Gasteiger partial charge on any atom is -0.478 e. The topological polar surface area (TPSA) is 66.4 Å². The zero-order valence-corrected chi connectivity index (χ0v) is 12.5. The van der Waals surface area contributed by atoms with Crippen LogP contribution in [-0.2, 0) is 4.79 Å². The predicted molar refractivity (Wildman–Crippen MR) is 82.6 cm³/mol. The summed E-state index contributed by atoms with van der Waals surface area (Å²) in [5, 5.41) is 12.1. The van der Waals surface area contributed by atoms with E-state index in [0.717, 1.165) is 37.0 Å². The van der Waals surface area contributed by atoms with E-state index in [1.54, 1.807) is 24.3 Å². The van der Waals surface area contributed by atoms with Crippen molar-refractivity contribution in [1.29, 1.82) is 0 Å². The second kappa shape index (κ2) is 4.83. The fraction of sp³-hybridized carbons (Fsp3) is 0.556. The molecule has 1 amide bonds. The van der Waals surface area contributed by atoms with Crippen molar-refractivity contribution in [3.05, 3.63) is 29.8 Å². The van der Waals surface area contributed by atoms with E-state index < -0.39 is 5.97 Å². The Morgan fingerprint density at radius 3 is 2.18 bits per heavy atom. The van der Waals surface area contributed by atoms with E-state index in [0.29, 0.717) is 5.69 Å². The van der Waals surface area contributed by atoms with E-state index in [9.17, 15) is 9.59 Å². The first-order valence-corrected chi connectivity index (χ1v) is 8.19. The molecule has 4 heteroatoms. The van der Waals surface area contributed by atoms with E-state index in [1.807, 2.05) is 0 Å². The Bertz CT molecular complexity index is 602. The maximum Gasteiger partial charge on any atom is 0.335 e. The number of hydrogen-bond donors (Lipinski definition) is 2. The number of benzene rings is 1. The molecule has 2 N–H and O–H groups in total. The fourth-order valence-corrected chi connectivity index (χ4v) is 5.38. The van der Waals surface area contributed by atoms with Crippen molar-refractivity contribution in [2.24, 2.45) is 23.2 Å². The quantitative estimate of drug-likeness (QED) is 0.897. The summed E-state index contributed by atoms with van der Waals surface area (Å²) in [6.45, 7) is 0. The van der Waals surface area contributed by atoms with E-state index in [4.69, 9.17) is 5.11 Å². The van der Waals surface area contributed by atoms with Gasteiger partial charge in [0.05, 0.1) is 11.0 Å². The van der Waals surface area contributed by atoms with Gasteiger partial charge in [0.2, 0.25) is 5.91 Å². The number of rotatable bonds is 3. The minimum atomic E-state index is -0.967. The average molecular weight is 299 g/mol. The molecule has 0 unspecified atom stereocenters. The van der Waals surface area contributed by atoms with Gasteiger partial charge in [0.25, 0.3) is 0 Å². The smallest absolute Gasteiger partial charge is 0.335 e. The van der Waals surface area contributed by atoms with Crippen molar-refractivity contribution < 1.29 is 14.7 Å². The van der Waals surface area contributed by atoms with Crippen LogP contribution in [0.3, 0.4) is 0 Å². The number of carboxylic acids is 1. The van der Waals surface area contributed by atoms with Crippen LogP contribution < -0.4 is 5.32 Å². The summed E-state index contributed by atoms with van der Waals surface area (Å²) >= 11 is 0. The highest BCUT2D eigenvalue weighted by Gasteiger charge is 2.54. The molecule has 22 heavy (non-hydrogen) atoms. The number of hydrogen-bond acceptors (Lipinski definition) is 2. The molecule has 5 rings (SSSR count). The molecule has 0 saturated heterocycles. The highest BCUT2D eigenvalue weighted by atomic mass is 16.4. The lowest BCUT2D eigenvalue weighted by atomic mass is 9.49. The van der Waals surface area contributed by atoms with Crippen LogP contribution in [0.1, 0.15) is 48.9 Å². The molecule has 116 valence electrons. The van der Waals surface area contributed by atoms with E-state index >= 15 is 0 Å². The number of anilines is 1. The van der Waals surface area contributed by atoms with E-state index in [1.165, 1.54) is 19.3 Å². The molecule has 4 bridgehead atoms. The van der Waals surface area contributed by atoms with Crippen molar-refractivity contribution in [2.45, 2.75) is 38.5 Å². The first kappa shape index (κ1) is 13.8. The summed E-state index contributed by atoms with van der Waals surface area (Å²) in [5.41, 5.74) is 0.609. The van der Waals surface area contributed by atoms with Crippen LogP contribution in [-0.4, -0.2) is 17.0 Å². The van der Waals surface area contributed by atoms with E-state index in [2.05, 4.69) is 5.32 Å². The van der Waals surface area contributed by atoms with Gasteiger partial charge in [0.1, 0.15) is 0 Å². The first-order chi connectivity index (χ1) is 10.5. The molecule has 4 nitrogen and oxygen atoms in total. The summed E-state index contributed by atoms with van der Waals surface area (Å²) in [4.78, 5) is 23.9. The van der Waals surface area contributed by atoms with Gasteiger partial charge in [-0.05, 0) is 74.5 Å². The van der Waals surface area contributed by atoms with Crippen molar-refractivity contribution in [3.63, 3.8) is 0 Å². The molecule has 0 aliphatic heterocycles. The lowest BCUT2D eigenvalue weighted by Gasteiger charge is -2.55. The van der Waals surface area contributed by atoms with Crippen LogP contribution in [0.15, 0.2) is 24.3 Å². The summed E-state index contributed by atoms with van der Waals surface area (Å²) in [7, 11) is 0. The average Bonchev–Trinajstić information content (AvgIpc) is 2.46. The molecule has 0 radical (unpaired) electrons. The molecule has 0 heterocycles. The molecule has 0 aromatic heterocycles. The molecule has 4 saturated carbocycles. The second-order valence-electron chi connectivity index (χ2n) is 7.54. The van der Waals surface area contributed by atoms with Gasteiger partial charge in [-0.15, -0.1) is 0 Å².